The van der Waals surface area contributed by atoms with E-state index >= 15 is 0 Å². The van der Waals surface area contributed by atoms with Crippen molar-refractivity contribution in [3.63, 3.8) is 0 Å². The van der Waals surface area contributed by atoms with Gasteiger partial charge in [0.15, 0.2) is 6.29 Å². The molecular weight excluding hydrogens is 516 g/mol. The summed E-state index contributed by atoms with van der Waals surface area (Å²) in [7, 11) is 0. The first-order chi connectivity index (χ1) is 18.8. The van der Waals surface area contributed by atoms with Crippen molar-refractivity contribution in [1.29, 1.82) is 0 Å². The maximum Gasteiger partial charge on any atom is 0.328 e. The first kappa shape index (κ1) is 30.0. The van der Waals surface area contributed by atoms with Crippen molar-refractivity contribution in [3.8, 4) is 0 Å². The van der Waals surface area contributed by atoms with Crippen molar-refractivity contribution in [2.45, 2.75) is 122 Å². The van der Waals surface area contributed by atoms with Gasteiger partial charge in [-0.3, -0.25) is 9.59 Å². The molecule has 9 heteroatoms. The van der Waals surface area contributed by atoms with Crippen LogP contribution in [0.5, 0.6) is 0 Å². The fourth-order valence-electron chi connectivity index (χ4n) is 6.05. The normalized spacial score (nSPS) is 27.3. The van der Waals surface area contributed by atoms with Crippen LogP contribution in [0.1, 0.15) is 112 Å². The van der Waals surface area contributed by atoms with Crippen LogP contribution in [0.15, 0.2) is 17.3 Å². The number of aliphatic hydroxyl groups excluding tert-OH is 1. The molecule has 2 heterocycles. The van der Waals surface area contributed by atoms with Gasteiger partial charge in [0.1, 0.15) is 4.88 Å². The van der Waals surface area contributed by atoms with Gasteiger partial charge in [-0.25, -0.2) is 0 Å². The smallest absolute Gasteiger partial charge is 0.328 e. The van der Waals surface area contributed by atoms with E-state index in [2.05, 4.69) is 12.1 Å². The molecule has 2 amide bonds. The van der Waals surface area contributed by atoms with E-state index in [9.17, 15) is 19.6 Å². The Morgan fingerprint density at radius 3 is 2.56 bits per heavy atom. The zero-order chi connectivity index (χ0) is 27.9. The van der Waals surface area contributed by atoms with Gasteiger partial charge in [0.05, 0.1) is 17.9 Å². The van der Waals surface area contributed by atoms with Crippen LogP contribution in [-0.2, 0) is 14.3 Å². The minimum Gasteiger partial charge on any atom is -0.389 e. The second-order valence-electron chi connectivity index (χ2n) is 11.7. The molecule has 3 aliphatic rings. The topological polar surface area (TPSA) is 106 Å². The molecule has 4 rings (SSSR count). The Labute approximate surface area is 236 Å². The summed E-state index contributed by atoms with van der Waals surface area (Å²) >= 11 is 1.20. The summed E-state index contributed by atoms with van der Waals surface area (Å²) in [5.74, 6) is -0.347. The van der Waals surface area contributed by atoms with E-state index in [-0.39, 0.29) is 35.1 Å². The molecule has 2 aliphatic carbocycles. The Bertz CT molecular complexity index is 1020. The number of amides is 2. The van der Waals surface area contributed by atoms with Crippen LogP contribution in [0.25, 0.3) is 5.57 Å². The Hall–Kier alpha value is -1.94. The number of carbonyl (C=O) groups excluding carboxylic acids is 2. The maximum absolute atomic E-state index is 14.1. The number of nitrogens with zero attached hydrogens (tertiary/aromatic N) is 2. The van der Waals surface area contributed by atoms with Crippen molar-refractivity contribution in [2.24, 2.45) is 17.0 Å². The van der Waals surface area contributed by atoms with Crippen LogP contribution in [0.2, 0.25) is 0 Å². The number of rotatable bonds is 10. The number of aliphatic hydroxyl groups is 1. The maximum atomic E-state index is 14.1. The molecule has 4 atom stereocenters. The van der Waals surface area contributed by atoms with Gasteiger partial charge in [-0.1, -0.05) is 13.0 Å². The SMILES string of the molecule is CC1CCC(C(=O)N(c2cc(C3=CC(O)CCC3)sc2C(=O)N=O)C(C)CCC(C)OC2CCCCO2)CC1. The van der Waals surface area contributed by atoms with Crippen molar-refractivity contribution >= 4 is 34.4 Å². The van der Waals surface area contributed by atoms with E-state index in [0.29, 0.717) is 24.4 Å². The van der Waals surface area contributed by atoms with E-state index in [4.69, 9.17) is 9.47 Å². The van der Waals surface area contributed by atoms with Crippen molar-refractivity contribution in [3.05, 3.63) is 26.8 Å². The van der Waals surface area contributed by atoms with Gasteiger partial charge < -0.3 is 19.5 Å². The van der Waals surface area contributed by atoms with Crippen LogP contribution < -0.4 is 4.90 Å². The second kappa shape index (κ2) is 14.1. The summed E-state index contributed by atoms with van der Waals surface area (Å²) in [6.45, 7) is 7.00. The quantitative estimate of drug-likeness (QED) is 0.314. The molecule has 1 saturated carbocycles. The number of hydrogen-bond donors (Lipinski definition) is 1. The number of carbonyl (C=O) groups is 2. The molecule has 1 aromatic rings. The molecule has 8 nitrogen and oxygen atoms in total. The zero-order valence-corrected chi connectivity index (χ0v) is 24.4. The molecule has 216 valence electrons. The number of thiophene rings is 1. The molecule has 0 spiro atoms. The molecule has 4 unspecified atom stereocenters. The minimum atomic E-state index is -0.855. The van der Waals surface area contributed by atoms with Crippen LogP contribution in [0.4, 0.5) is 5.69 Å². The van der Waals surface area contributed by atoms with Crippen molar-refractivity contribution < 1.29 is 24.2 Å². The van der Waals surface area contributed by atoms with Gasteiger partial charge in [0.2, 0.25) is 5.91 Å². The Kier molecular flexibility index (Phi) is 10.9. The van der Waals surface area contributed by atoms with Crippen LogP contribution in [0, 0.1) is 16.7 Å². The average Bonchev–Trinajstić information content (AvgIpc) is 3.37. The van der Waals surface area contributed by atoms with Gasteiger partial charge in [-0.2, -0.15) is 0 Å². The largest absolute Gasteiger partial charge is 0.389 e. The molecule has 1 saturated heterocycles. The molecule has 1 aliphatic heterocycles. The number of nitroso groups, excluding NO2 is 1. The number of hydrogen-bond acceptors (Lipinski definition) is 7. The summed E-state index contributed by atoms with van der Waals surface area (Å²) in [5, 5.41) is 12.9. The lowest BCUT2D eigenvalue weighted by Gasteiger charge is -2.35. The fraction of sp³-hybridized carbons (Fsp3) is 0.733. The third-order valence-electron chi connectivity index (χ3n) is 8.46. The first-order valence-corrected chi connectivity index (χ1v) is 15.6. The summed E-state index contributed by atoms with van der Waals surface area (Å²) in [6, 6.07) is 1.66. The number of allylic oxidation sites excluding steroid dienone is 1. The number of anilines is 1. The highest BCUT2D eigenvalue weighted by Crippen LogP contribution is 2.41. The molecule has 39 heavy (non-hydrogen) atoms. The fourth-order valence-corrected chi connectivity index (χ4v) is 7.13. The van der Waals surface area contributed by atoms with Crippen molar-refractivity contribution in [1.82, 2.24) is 0 Å². The third kappa shape index (κ3) is 7.84. The molecule has 0 bridgehead atoms. The molecule has 2 fully saturated rings. The van der Waals surface area contributed by atoms with Gasteiger partial charge in [-0.15, -0.1) is 16.2 Å². The van der Waals surface area contributed by atoms with E-state index in [1.165, 1.54) is 11.3 Å². The third-order valence-corrected chi connectivity index (χ3v) is 9.65. The van der Waals surface area contributed by atoms with E-state index in [1.54, 1.807) is 4.90 Å². The van der Waals surface area contributed by atoms with E-state index < -0.39 is 12.0 Å². The Morgan fingerprint density at radius 2 is 1.90 bits per heavy atom. The molecule has 1 N–H and O–H groups in total. The summed E-state index contributed by atoms with van der Waals surface area (Å²) < 4.78 is 11.9. The first-order valence-electron chi connectivity index (χ1n) is 14.8. The minimum absolute atomic E-state index is 0.0144. The van der Waals surface area contributed by atoms with Gasteiger partial charge >= 0.3 is 5.91 Å². The molecular formula is C30H44N2O6S. The van der Waals surface area contributed by atoms with Gasteiger partial charge in [0, 0.05) is 28.6 Å². The van der Waals surface area contributed by atoms with Crippen LogP contribution in [0.3, 0.4) is 0 Å². The monoisotopic (exact) mass is 560 g/mol. The average molecular weight is 561 g/mol. The lowest BCUT2D eigenvalue weighted by Crippen LogP contribution is -2.44. The van der Waals surface area contributed by atoms with Gasteiger partial charge in [-0.05, 0) is 108 Å². The van der Waals surface area contributed by atoms with Gasteiger partial charge in [0.25, 0.3) is 0 Å². The Balaban J connectivity index is 1.60. The lowest BCUT2D eigenvalue weighted by molar-refractivity contribution is -0.185. The number of ether oxygens (including phenoxy) is 2. The van der Waals surface area contributed by atoms with Crippen molar-refractivity contribution in [2.75, 3.05) is 11.5 Å². The van der Waals surface area contributed by atoms with E-state index in [1.807, 2.05) is 26.0 Å². The second-order valence-corrected chi connectivity index (χ2v) is 12.8. The van der Waals surface area contributed by atoms with E-state index in [0.717, 1.165) is 81.3 Å². The predicted molar refractivity (Wildman–Crippen MR) is 154 cm³/mol. The lowest BCUT2D eigenvalue weighted by atomic mass is 9.82. The molecule has 0 radical (unpaired) electrons. The summed E-state index contributed by atoms with van der Waals surface area (Å²) in [4.78, 5) is 41.1. The zero-order valence-electron chi connectivity index (χ0n) is 23.6. The highest BCUT2D eigenvalue weighted by Gasteiger charge is 2.35. The molecule has 0 aromatic carbocycles. The summed E-state index contributed by atoms with van der Waals surface area (Å²) in [5.41, 5.74) is 1.42. The highest BCUT2D eigenvalue weighted by molar-refractivity contribution is 7.15. The predicted octanol–water partition coefficient (Wildman–Crippen LogP) is 6.84. The Morgan fingerprint density at radius 1 is 1.13 bits per heavy atom. The highest BCUT2D eigenvalue weighted by atomic mass is 32.1. The standard InChI is InChI=1S/C30H44N2O6S/c1-19-10-14-22(15-11-19)30(35)32(20(2)12-13-21(3)38-27-9-4-5-16-37-27)25-18-26(39-28(25)29(34)31-36)23-7-6-8-24(33)17-23/h17-22,24,27,33H,4-16H2,1-3H3. The van der Waals surface area contributed by atoms with Crippen LogP contribution >= 0.6 is 11.3 Å². The van der Waals surface area contributed by atoms with Crippen LogP contribution in [-0.4, -0.2) is 48.1 Å². The summed E-state index contributed by atoms with van der Waals surface area (Å²) in [6.07, 6.45) is 11.6. The molecule has 1 aromatic heterocycles.